The van der Waals surface area contributed by atoms with Gasteiger partial charge in [0.15, 0.2) is 0 Å². The maximum absolute atomic E-state index is 13.6. The zero-order chi connectivity index (χ0) is 19.2. The van der Waals surface area contributed by atoms with E-state index < -0.39 is 0 Å². The van der Waals surface area contributed by atoms with E-state index >= 15 is 0 Å². The molecular formula is C19H20FN5O2. The van der Waals surface area contributed by atoms with Gasteiger partial charge in [0.1, 0.15) is 12.4 Å². The molecule has 0 unspecified atom stereocenters. The summed E-state index contributed by atoms with van der Waals surface area (Å²) >= 11 is 0. The van der Waals surface area contributed by atoms with Crippen molar-refractivity contribution < 1.29 is 9.23 Å². The minimum absolute atomic E-state index is 0.208. The fourth-order valence-corrected chi connectivity index (χ4v) is 2.65. The van der Waals surface area contributed by atoms with Crippen LogP contribution < -0.4 is 5.69 Å². The molecule has 1 heterocycles. The molecule has 0 fully saturated rings. The summed E-state index contributed by atoms with van der Waals surface area (Å²) in [5, 5.41) is 11.6. The molecule has 0 atom stereocenters. The molecule has 0 bridgehead atoms. The number of hydrogen-bond acceptors (Lipinski definition) is 5. The number of rotatable bonds is 7. The van der Waals surface area contributed by atoms with E-state index in [9.17, 15) is 9.18 Å². The van der Waals surface area contributed by atoms with Gasteiger partial charge in [-0.2, -0.15) is 9.36 Å². The first-order chi connectivity index (χ1) is 13.1. The Bertz CT molecular complexity index is 1010. The van der Waals surface area contributed by atoms with Gasteiger partial charge in [0.05, 0.1) is 11.9 Å². The average Bonchev–Trinajstić information content (AvgIpc) is 2.99. The lowest BCUT2D eigenvalue weighted by molar-refractivity contribution is 0.143. The monoisotopic (exact) mass is 369 g/mol. The topological polar surface area (TPSA) is 74.3 Å². The zero-order valence-corrected chi connectivity index (χ0v) is 15.2. The van der Waals surface area contributed by atoms with E-state index in [1.54, 1.807) is 24.4 Å². The van der Waals surface area contributed by atoms with E-state index in [1.807, 2.05) is 25.1 Å². The SMILES string of the molecule is Cc1cccc(-n2nnn(C)c2=O)c1/C=N\OCCCc1ccccc1F. The van der Waals surface area contributed by atoms with Crippen LogP contribution in [0.2, 0.25) is 0 Å². The fraction of sp³-hybridized carbons (Fsp3) is 0.263. The summed E-state index contributed by atoms with van der Waals surface area (Å²) in [6.07, 6.45) is 2.77. The lowest BCUT2D eigenvalue weighted by Crippen LogP contribution is -2.23. The predicted octanol–water partition coefficient (Wildman–Crippen LogP) is 2.40. The molecule has 140 valence electrons. The summed E-state index contributed by atoms with van der Waals surface area (Å²) in [5.74, 6) is -0.208. The molecule has 0 spiro atoms. The third-order valence-corrected chi connectivity index (χ3v) is 4.15. The normalized spacial score (nSPS) is 11.2. The standard InChI is InChI=1S/C19H20FN5O2/c1-14-7-5-11-18(25-19(26)24(2)22-23-25)16(14)13-21-27-12-6-9-15-8-3-4-10-17(15)20/h3-5,7-8,10-11,13H,6,9,12H2,1-2H3/b21-13-. The molecule has 7 nitrogen and oxygen atoms in total. The lowest BCUT2D eigenvalue weighted by atomic mass is 10.1. The quantitative estimate of drug-likeness (QED) is 0.364. The van der Waals surface area contributed by atoms with Gasteiger partial charge in [-0.1, -0.05) is 35.5 Å². The molecule has 0 saturated heterocycles. The molecular weight excluding hydrogens is 349 g/mol. The van der Waals surface area contributed by atoms with E-state index in [-0.39, 0.29) is 11.5 Å². The van der Waals surface area contributed by atoms with Crippen LogP contribution in [-0.2, 0) is 18.3 Å². The lowest BCUT2D eigenvalue weighted by Gasteiger charge is -2.07. The predicted molar refractivity (Wildman–Crippen MR) is 99.6 cm³/mol. The molecule has 0 aliphatic heterocycles. The van der Waals surface area contributed by atoms with Crippen LogP contribution in [-0.4, -0.2) is 32.6 Å². The molecule has 0 radical (unpaired) electrons. The molecule has 0 amide bonds. The number of tetrazole rings is 1. The molecule has 0 saturated carbocycles. The summed E-state index contributed by atoms with van der Waals surface area (Å²) < 4.78 is 15.9. The molecule has 0 aliphatic rings. The van der Waals surface area contributed by atoms with Gasteiger partial charge >= 0.3 is 5.69 Å². The van der Waals surface area contributed by atoms with Crippen LogP contribution >= 0.6 is 0 Å². The van der Waals surface area contributed by atoms with Crippen LogP contribution in [0.5, 0.6) is 0 Å². The van der Waals surface area contributed by atoms with Crippen molar-refractivity contribution in [2.24, 2.45) is 12.2 Å². The first-order valence-electron chi connectivity index (χ1n) is 8.55. The molecule has 2 aromatic carbocycles. The Morgan fingerprint density at radius 1 is 1.19 bits per heavy atom. The van der Waals surface area contributed by atoms with E-state index in [1.165, 1.54) is 17.8 Å². The number of aromatic nitrogens is 4. The third-order valence-electron chi connectivity index (χ3n) is 4.15. The fourth-order valence-electron chi connectivity index (χ4n) is 2.65. The second-order valence-corrected chi connectivity index (χ2v) is 6.07. The number of halogens is 1. The molecule has 3 aromatic rings. The highest BCUT2D eigenvalue weighted by atomic mass is 19.1. The summed E-state index contributed by atoms with van der Waals surface area (Å²) in [6.45, 7) is 2.27. The Labute approximate surface area is 155 Å². The highest BCUT2D eigenvalue weighted by Gasteiger charge is 2.11. The molecule has 1 aromatic heterocycles. The van der Waals surface area contributed by atoms with Gasteiger partial charge in [0.2, 0.25) is 0 Å². The first-order valence-corrected chi connectivity index (χ1v) is 8.55. The van der Waals surface area contributed by atoms with Gasteiger partial charge in [-0.3, -0.25) is 0 Å². The van der Waals surface area contributed by atoms with Gasteiger partial charge < -0.3 is 4.84 Å². The summed E-state index contributed by atoms with van der Waals surface area (Å²) in [6, 6.07) is 12.2. The number of nitrogens with zero attached hydrogens (tertiary/aromatic N) is 5. The summed E-state index contributed by atoms with van der Waals surface area (Å²) in [5.41, 5.74) is 2.53. The molecule has 8 heteroatoms. The van der Waals surface area contributed by atoms with E-state index in [0.717, 1.165) is 10.2 Å². The largest absolute Gasteiger partial charge is 0.396 e. The second kappa shape index (κ2) is 8.39. The Kier molecular flexibility index (Phi) is 5.75. The summed E-state index contributed by atoms with van der Waals surface area (Å²) in [4.78, 5) is 17.4. The van der Waals surface area contributed by atoms with Crippen LogP contribution in [0.25, 0.3) is 5.69 Å². The van der Waals surface area contributed by atoms with Crippen molar-refractivity contribution >= 4 is 6.21 Å². The Morgan fingerprint density at radius 2 is 2.00 bits per heavy atom. The van der Waals surface area contributed by atoms with Gasteiger partial charge in [0.25, 0.3) is 0 Å². The Morgan fingerprint density at radius 3 is 2.74 bits per heavy atom. The van der Waals surface area contributed by atoms with Crippen molar-refractivity contribution in [1.82, 2.24) is 19.8 Å². The van der Waals surface area contributed by atoms with E-state index in [0.29, 0.717) is 36.3 Å². The number of oxime groups is 1. The number of benzene rings is 2. The van der Waals surface area contributed by atoms with E-state index in [4.69, 9.17) is 4.84 Å². The van der Waals surface area contributed by atoms with Crippen LogP contribution in [0.3, 0.4) is 0 Å². The van der Waals surface area contributed by atoms with Gasteiger partial charge in [-0.15, -0.1) is 0 Å². The Balaban J connectivity index is 1.64. The van der Waals surface area contributed by atoms with Gasteiger partial charge in [0, 0.05) is 12.6 Å². The van der Waals surface area contributed by atoms with Crippen LogP contribution in [0.15, 0.2) is 52.4 Å². The van der Waals surface area contributed by atoms with E-state index in [2.05, 4.69) is 15.6 Å². The maximum Gasteiger partial charge on any atom is 0.368 e. The van der Waals surface area contributed by atoms with Crippen LogP contribution in [0.1, 0.15) is 23.1 Å². The molecule has 0 aliphatic carbocycles. The van der Waals surface area contributed by atoms with Crippen LogP contribution in [0.4, 0.5) is 4.39 Å². The highest BCUT2D eigenvalue weighted by Crippen LogP contribution is 2.14. The second-order valence-electron chi connectivity index (χ2n) is 6.07. The molecule has 27 heavy (non-hydrogen) atoms. The third kappa shape index (κ3) is 4.28. The number of aryl methyl sites for hydroxylation is 3. The average molecular weight is 369 g/mol. The van der Waals surface area contributed by atoms with Crippen molar-refractivity contribution in [1.29, 1.82) is 0 Å². The minimum Gasteiger partial charge on any atom is -0.396 e. The van der Waals surface area contributed by atoms with Crippen molar-refractivity contribution in [2.45, 2.75) is 19.8 Å². The maximum atomic E-state index is 13.6. The zero-order valence-electron chi connectivity index (χ0n) is 15.2. The first kappa shape index (κ1) is 18.5. The smallest absolute Gasteiger partial charge is 0.368 e. The highest BCUT2D eigenvalue weighted by molar-refractivity contribution is 5.86. The molecule has 3 rings (SSSR count). The minimum atomic E-state index is -0.346. The van der Waals surface area contributed by atoms with Crippen molar-refractivity contribution in [3.05, 3.63) is 75.5 Å². The molecule has 0 N–H and O–H groups in total. The van der Waals surface area contributed by atoms with Gasteiger partial charge in [-0.05, 0) is 53.5 Å². The number of hydrogen-bond donors (Lipinski definition) is 0. The Hall–Kier alpha value is -3.29. The van der Waals surface area contributed by atoms with Crippen LogP contribution in [0, 0.1) is 12.7 Å². The van der Waals surface area contributed by atoms with Gasteiger partial charge in [-0.25, -0.2) is 9.18 Å². The van der Waals surface area contributed by atoms with Crippen molar-refractivity contribution in [3.8, 4) is 5.69 Å². The van der Waals surface area contributed by atoms with Crippen molar-refractivity contribution in [2.75, 3.05) is 6.61 Å². The summed E-state index contributed by atoms with van der Waals surface area (Å²) in [7, 11) is 1.54. The van der Waals surface area contributed by atoms with Crippen molar-refractivity contribution in [3.63, 3.8) is 0 Å².